The van der Waals surface area contributed by atoms with Crippen LogP contribution in [0.2, 0.25) is 0 Å². The van der Waals surface area contributed by atoms with Gasteiger partial charge in [-0.2, -0.15) is 5.10 Å². The maximum atomic E-state index is 13.6. The third-order valence-corrected chi connectivity index (χ3v) is 7.07. The molecule has 0 bridgehead atoms. The number of nitrogens with zero attached hydrogens (tertiary/aromatic N) is 5. The van der Waals surface area contributed by atoms with Crippen molar-refractivity contribution in [1.29, 1.82) is 0 Å². The van der Waals surface area contributed by atoms with Crippen molar-refractivity contribution in [1.82, 2.24) is 29.9 Å². The Morgan fingerprint density at radius 3 is 2.38 bits per heavy atom. The molecule has 8 nitrogen and oxygen atoms in total. The Balaban J connectivity index is 1.47. The van der Waals surface area contributed by atoms with E-state index in [0.717, 1.165) is 67.3 Å². The van der Waals surface area contributed by atoms with Gasteiger partial charge in [-0.3, -0.25) is 9.69 Å². The summed E-state index contributed by atoms with van der Waals surface area (Å²) in [6.07, 6.45) is 0. The minimum atomic E-state index is -0.106. The molecule has 0 radical (unpaired) electrons. The third kappa shape index (κ3) is 5.35. The van der Waals surface area contributed by atoms with Gasteiger partial charge in [0.25, 0.3) is 5.91 Å². The van der Waals surface area contributed by atoms with Gasteiger partial charge in [0.15, 0.2) is 5.65 Å². The molecule has 3 heterocycles. The smallest absolute Gasteiger partial charge is 0.252 e. The van der Waals surface area contributed by atoms with E-state index in [0.29, 0.717) is 23.4 Å². The average Bonchev–Trinajstić information content (AvgIpc) is 3.29. The third-order valence-electron chi connectivity index (χ3n) is 7.07. The molecule has 0 unspecified atom stereocenters. The number of aromatic nitrogens is 3. The average molecular weight is 499 g/mol. The molecule has 0 aliphatic carbocycles. The molecule has 8 heteroatoms. The number of para-hydroxylation sites is 1. The van der Waals surface area contributed by atoms with Crippen molar-refractivity contribution < 1.29 is 9.53 Å². The predicted octanol–water partition coefficient (Wildman–Crippen LogP) is 3.77. The number of amides is 1. The van der Waals surface area contributed by atoms with Gasteiger partial charge in [0.05, 0.1) is 35.1 Å². The topological polar surface area (TPSA) is 75.5 Å². The zero-order valence-corrected chi connectivity index (χ0v) is 21.8. The van der Waals surface area contributed by atoms with Gasteiger partial charge in [0.1, 0.15) is 5.75 Å². The van der Waals surface area contributed by atoms with Gasteiger partial charge in [0.2, 0.25) is 0 Å². The van der Waals surface area contributed by atoms with Crippen LogP contribution >= 0.6 is 0 Å². The van der Waals surface area contributed by atoms with Gasteiger partial charge in [-0.05, 0) is 55.9 Å². The highest BCUT2D eigenvalue weighted by molar-refractivity contribution is 6.07. The van der Waals surface area contributed by atoms with Crippen LogP contribution < -0.4 is 10.1 Å². The molecule has 1 aliphatic heterocycles. The number of piperazine rings is 1. The lowest BCUT2D eigenvalue weighted by molar-refractivity contribution is 0.0939. The number of likely N-dealkylation sites (N-methyl/N-ethyl adjacent to an activating group) is 1. The number of methoxy groups -OCH3 is 1. The number of pyridine rings is 1. The summed E-state index contributed by atoms with van der Waals surface area (Å²) in [5, 5.41) is 8.71. The lowest BCUT2D eigenvalue weighted by Gasteiger charge is -2.33. The number of hydrogen-bond acceptors (Lipinski definition) is 6. The number of carbonyl (C=O) groups is 1. The number of nitrogens with one attached hydrogen (secondary N) is 1. The molecule has 4 aromatic rings. The van der Waals surface area contributed by atoms with Gasteiger partial charge >= 0.3 is 0 Å². The summed E-state index contributed by atoms with van der Waals surface area (Å²) in [7, 11) is 1.65. The van der Waals surface area contributed by atoms with Crippen LogP contribution in [0.3, 0.4) is 0 Å². The van der Waals surface area contributed by atoms with Crippen LogP contribution in [0, 0.1) is 6.92 Å². The maximum Gasteiger partial charge on any atom is 0.252 e. The van der Waals surface area contributed by atoms with Crippen LogP contribution in [-0.4, -0.2) is 83.4 Å². The molecule has 192 valence electrons. The van der Waals surface area contributed by atoms with Crippen LogP contribution in [0.15, 0.2) is 60.7 Å². The Morgan fingerprint density at radius 1 is 1.00 bits per heavy atom. The molecule has 0 atom stereocenters. The largest absolute Gasteiger partial charge is 0.497 e. The minimum absolute atomic E-state index is 0.106. The van der Waals surface area contributed by atoms with E-state index in [1.165, 1.54) is 0 Å². The lowest BCUT2D eigenvalue weighted by Crippen LogP contribution is -2.48. The van der Waals surface area contributed by atoms with E-state index in [1.807, 2.05) is 72.3 Å². The van der Waals surface area contributed by atoms with Crippen molar-refractivity contribution in [2.75, 3.05) is 52.9 Å². The molecule has 0 spiro atoms. The van der Waals surface area contributed by atoms with Crippen LogP contribution in [0.5, 0.6) is 5.75 Å². The van der Waals surface area contributed by atoms with Gasteiger partial charge in [0, 0.05) is 44.8 Å². The molecule has 1 fully saturated rings. The Kier molecular flexibility index (Phi) is 7.48. The van der Waals surface area contributed by atoms with E-state index in [9.17, 15) is 4.79 Å². The van der Waals surface area contributed by atoms with Crippen molar-refractivity contribution in [3.63, 3.8) is 0 Å². The molecule has 1 aliphatic rings. The molecular formula is C29H34N6O2. The fraction of sp³-hybridized carbons (Fsp3) is 0.345. The Labute approximate surface area is 217 Å². The van der Waals surface area contributed by atoms with Gasteiger partial charge < -0.3 is 15.0 Å². The van der Waals surface area contributed by atoms with Crippen molar-refractivity contribution in [3.8, 4) is 22.7 Å². The van der Waals surface area contributed by atoms with Crippen molar-refractivity contribution in [3.05, 3.63) is 71.9 Å². The molecule has 2 aromatic heterocycles. The van der Waals surface area contributed by atoms with Gasteiger partial charge in [-0.15, -0.1) is 0 Å². The normalized spacial score (nSPS) is 14.7. The predicted molar refractivity (Wildman–Crippen MR) is 146 cm³/mol. The summed E-state index contributed by atoms with van der Waals surface area (Å²) in [6, 6.07) is 19.5. The van der Waals surface area contributed by atoms with Gasteiger partial charge in [-0.1, -0.05) is 25.1 Å². The van der Waals surface area contributed by atoms with Gasteiger partial charge in [-0.25, -0.2) is 9.67 Å². The molecule has 1 saturated heterocycles. The highest BCUT2D eigenvalue weighted by Crippen LogP contribution is 2.29. The second-order valence-electron chi connectivity index (χ2n) is 9.35. The lowest BCUT2D eigenvalue weighted by atomic mass is 10.0. The molecule has 2 aromatic carbocycles. The summed E-state index contributed by atoms with van der Waals surface area (Å²) in [5.74, 6) is 0.665. The molecule has 5 rings (SSSR count). The first-order valence-electron chi connectivity index (χ1n) is 12.9. The fourth-order valence-electron chi connectivity index (χ4n) is 4.88. The minimum Gasteiger partial charge on any atom is -0.497 e. The molecular weight excluding hydrogens is 464 g/mol. The SMILES string of the molecule is CCN1CCN(CCNC(=O)c2cc(-c3ccc(OC)cc3)nc3c2c(C)nn3-c2ccccc2)CC1. The zero-order valence-electron chi connectivity index (χ0n) is 21.8. The zero-order chi connectivity index (χ0) is 25.8. The first-order valence-corrected chi connectivity index (χ1v) is 12.9. The first kappa shape index (κ1) is 24.9. The van der Waals surface area contributed by atoms with Crippen molar-refractivity contribution in [2.45, 2.75) is 13.8 Å². The quantitative estimate of drug-likeness (QED) is 0.399. The maximum absolute atomic E-state index is 13.6. The van der Waals surface area contributed by atoms with Crippen LogP contribution in [0.25, 0.3) is 28.0 Å². The van der Waals surface area contributed by atoms with E-state index >= 15 is 0 Å². The van der Waals surface area contributed by atoms with Crippen molar-refractivity contribution in [2.24, 2.45) is 0 Å². The number of hydrogen-bond donors (Lipinski definition) is 1. The summed E-state index contributed by atoms with van der Waals surface area (Å²) < 4.78 is 7.14. The standard InChI is InChI=1S/C29H34N6O2/c1-4-33-16-18-34(19-17-33)15-14-30-29(36)25-20-26(22-10-12-24(37-3)13-11-22)31-28-27(25)21(2)32-35(28)23-8-6-5-7-9-23/h5-13,20H,4,14-19H2,1-3H3,(H,30,36). The second-order valence-corrected chi connectivity index (χ2v) is 9.35. The number of carbonyl (C=O) groups excluding carboxylic acids is 1. The monoisotopic (exact) mass is 498 g/mol. The molecule has 1 N–H and O–H groups in total. The van der Waals surface area contributed by atoms with E-state index in [-0.39, 0.29) is 5.91 Å². The van der Waals surface area contributed by atoms with E-state index in [1.54, 1.807) is 7.11 Å². The molecule has 1 amide bonds. The van der Waals surface area contributed by atoms with Crippen LogP contribution in [0.4, 0.5) is 0 Å². The summed E-state index contributed by atoms with van der Waals surface area (Å²) in [5.41, 5.74) is 4.55. The van der Waals surface area contributed by atoms with E-state index in [4.69, 9.17) is 14.8 Å². The fourth-order valence-corrected chi connectivity index (χ4v) is 4.88. The summed E-state index contributed by atoms with van der Waals surface area (Å²) in [4.78, 5) is 23.4. The Hall–Kier alpha value is -3.75. The summed E-state index contributed by atoms with van der Waals surface area (Å²) in [6.45, 7) is 10.9. The Morgan fingerprint density at radius 2 is 1.70 bits per heavy atom. The van der Waals surface area contributed by atoms with E-state index in [2.05, 4.69) is 22.0 Å². The molecule has 0 saturated carbocycles. The second kappa shape index (κ2) is 11.1. The molecule has 37 heavy (non-hydrogen) atoms. The number of rotatable bonds is 8. The highest BCUT2D eigenvalue weighted by atomic mass is 16.5. The number of fused-ring (bicyclic) bond motifs is 1. The van der Waals surface area contributed by atoms with Crippen LogP contribution in [0.1, 0.15) is 23.0 Å². The number of ether oxygens (including phenoxy) is 1. The number of benzene rings is 2. The first-order chi connectivity index (χ1) is 18.1. The van der Waals surface area contributed by atoms with E-state index < -0.39 is 0 Å². The highest BCUT2D eigenvalue weighted by Gasteiger charge is 2.21. The summed E-state index contributed by atoms with van der Waals surface area (Å²) >= 11 is 0. The number of aryl methyl sites for hydroxylation is 1. The Bertz CT molecular complexity index is 1360. The van der Waals surface area contributed by atoms with Crippen LogP contribution in [-0.2, 0) is 0 Å². The van der Waals surface area contributed by atoms with Crippen molar-refractivity contribution >= 4 is 16.9 Å².